The molecule has 116 valence electrons. The van der Waals surface area contributed by atoms with Crippen molar-refractivity contribution < 1.29 is 14.6 Å². The van der Waals surface area contributed by atoms with Crippen molar-refractivity contribution in [1.82, 2.24) is 4.98 Å². The second-order valence-corrected chi connectivity index (χ2v) is 5.64. The summed E-state index contributed by atoms with van der Waals surface area (Å²) in [5, 5.41) is 10.5. The van der Waals surface area contributed by atoms with Gasteiger partial charge in [0.15, 0.2) is 0 Å². The number of pyridine rings is 1. The number of hydrogen-bond donors (Lipinski definition) is 2. The van der Waals surface area contributed by atoms with Crippen molar-refractivity contribution in [3.63, 3.8) is 0 Å². The molecule has 0 unspecified atom stereocenters. The first-order chi connectivity index (χ1) is 9.95. The lowest BCUT2D eigenvalue weighted by Crippen LogP contribution is -2.39. The summed E-state index contributed by atoms with van der Waals surface area (Å²) in [4.78, 5) is 17.9. The monoisotopic (exact) mass is 293 g/mol. The van der Waals surface area contributed by atoms with Gasteiger partial charge in [-0.3, -0.25) is 0 Å². The van der Waals surface area contributed by atoms with Crippen LogP contribution in [0.3, 0.4) is 0 Å². The summed E-state index contributed by atoms with van der Waals surface area (Å²) in [6.45, 7) is 2.54. The highest BCUT2D eigenvalue weighted by Crippen LogP contribution is 2.31. The van der Waals surface area contributed by atoms with Crippen molar-refractivity contribution in [2.45, 2.75) is 38.2 Å². The Morgan fingerprint density at radius 3 is 2.81 bits per heavy atom. The minimum absolute atomic E-state index is 0.296. The zero-order chi connectivity index (χ0) is 15.5. The van der Waals surface area contributed by atoms with E-state index in [2.05, 4.69) is 4.98 Å². The summed E-state index contributed by atoms with van der Waals surface area (Å²) in [7, 11) is 1.85. The molecule has 21 heavy (non-hydrogen) atoms. The molecule has 0 radical (unpaired) electrons. The van der Waals surface area contributed by atoms with Crippen LogP contribution < -0.4 is 10.6 Å². The van der Waals surface area contributed by atoms with Gasteiger partial charge in [0.05, 0.1) is 29.7 Å². The lowest BCUT2D eigenvalue weighted by molar-refractivity contribution is 0.0527. The van der Waals surface area contributed by atoms with Gasteiger partial charge in [0.25, 0.3) is 0 Å². The van der Waals surface area contributed by atoms with Gasteiger partial charge in [0.1, 0.15) is 5.82 Å². The molecule has 3 N–H and O–H groups in total. The first kappa shape index (κ1) is 15.6. The highest BCUT2D eigenvalue weighted by atomic mass is 16.5. The van der Waals surface area contributed by atoms with E-state index in [1.807, 2.05) is 11.9 Å². The second-order valence-electron chi connectivity index (χ2n) is 5.64. The van der Waals surface area contributed by atoms with Crippen LogP contribution in [0.2, 0.25) is 0 Å². The van der Waals surface area contributed by atoms with E-state index in [-0.39, 0.29) is 0 Å². The Balaban J connectivity index is 2.15. The van der Waals surface area contributed by atoms with Crippen LogP contribution in [0.4, 0.5) is 11.5 Å². The number of nitrogens with two attached hydrogens (primary N) is 1. The maximum atomic E-state index is 11.9. The van der Waals surface area contributed by atoms with Crippen LogP contribution in [0.1, 0.15) is 43.0 Å². The molecule has 0 bridgehead atoms. The number of likely N-dealkylation sites (N-methyl/N-ethyl adjacent to an activating group) is 1. The van der Waals surface area contributed by atoms with Gasteiger partial charge >= 0.3 is 5.97 Å². The van der Waals surface area contributed by atoms with Crippen molar-refractivity contribution in [2.75, 3.05) is 30.8 Å². The second kappa shape index (κ2) is 6.30. The number of carbonyl (C=O) groups excluding carboxylic acids is 1. The fourth-order valence-electron chi connectivity index (χ4n) is 2.76. The zero-order valence-electron chi connectivity index (χ0n) is 12.6. The summed E-state index contributed by atoms with van der Waals surface area (Å²) in [6, 6.07) is 1.62. The fourth-order valence-corrected chi connectivity index (χ4v) is 2.76. The summed E-state index contributed by atoms with van der Waals surface area (Å²) in [6.07, 6.45) is 5.16. The molecule has 1 aromatic heterocycles. The number of ether oxygens (including phenoxy) is 1. The normalized spacial score (nSPS) is 16.7. The number of rotatable bonds is 5. The van der Waals surface area contributed by atoms with Crippen LogP contribution in [0.25, 0.3) is 0 Å². The van der Waals surface area contributed by atoms with Gasteiger partial charge < -0.3 is 20.5 Å². The summed E-state index contributed by atoms with van der Waals surface area (Å²) in [5.74, 6) is 0.152. The first-order valence-electron chi connectivity index (χ1n) is 7.31. The van der Waals surface area contributed by atoms with Crippen LogP contribution in [-0.2, 0) is 4.74 Å². The van der Waals surface area contributed by atoms with Crippen LogP contribution >= 0.6 is 0 Å². The highest BCUT2D eigenvalue weighted by molar-refractivity contribution is 5.95. The van der Waals surface area contributed by atoms with Crippen molar-refractivity contribution in [2.24, 2.45) is 0 Å². The van der Waals surface area contributed by atoms with Crippen molar-refractivity contribution in [1.29, 1.82) is 0 Å². The maximum Gasteiger partial charge on any atom is 0.340 e. The molecule has 0 aliphatic heterocycles. The number of carbonyl (C=O) groups is 1. The number of hydrogen-bond acceptors (Lipinski definition) is 6. The summed E-state index contributed by atoms with van der Waals surface area (Å²) < 4.78 is 4.98. The summed E-state index contributed by atoms with van der Waals surface area (Å²) in [5.41, 5.74) is 5.72. The molecular weight excluding hydrogens is 270 g/mol. The molecule has 1 fully saturated rings. The lowest BCUT2D eigenvalue weighted by atomic mass is 10.0. The van der Waals surface area contributed by atoms with Crippen molar-refractivity contribution in [3.05, 3.63) is 17.8 Å². The third-order valence-electron chi connectivity index (χ3n) is 3.87. The third-order valence-corrected chi connectivity index (χ3v) is 3.87. The molecule has 0 amide bonds. The van der Waals surface area contributed by atoms with E-state index in [4.69, 9.17) is 10.5 Å². The lowest BCUT2D eigenvalue weighted by Gasteiger charge is -2.29. The molecule has 6 heteroatoms. The average Bonchev–Trinajstić information content (AvgIpc) is 2.85. The minimum Gasteiger partial charge on any atom is -0.462 e. The predicted octanol–water partition coefficient (Wildman–Crippen LogP) is 1.58. The SMILES string of the molecule is CCOC(=O)c1cc(N(C)CC2(O)CCCC2)ncc1N. The van der Waals surface area contributed by atoms with Gasteiger partial charge in [-0.2, -0.15) is 0 Å². The number of aromatic nitrogens is 1. The highest BCUT2D eigenvalue weighted by Gasteiger charge is 2.32. The van der Waals surface area contributed by atoms with Gasteiger partial charge in [0, 0.05) is 13.6 Å². The maximum absolute atomic E-state index is 11.9. The Bertz CT molecular complexity index is 513. The molecule has 0 aromatic carbocycles. The predicted molar refractivity (Wildman–Crippen MR) is 81.3 cm³/mol. The van der Waals surface area contributed by atoms with E-state index < -0.39 is 11.6 Å². The molecule has 6 nitrogen and oxygen atoms in total. The van der Waals surface area contributed by atoms with Gasteiger partial charge in [-0.25, -0.2) is 9.78 Å². The number of aliphatic hydroxyl groups is 1. The topological polar surface area (TPSA) is 88.7 Å². The van der Waals surface area contributed by atoms with E-state index in [0.29, 0.717) is 30.2 Å². The Morgan fingerprint density at radius 1 is 1.52 bits per heavy atom. The number of anilines is 2. The van der Waals surface area contributed by atoms with E-state index in [1.54, 1.807) is 13.0 Å². The molecule has 0 atom stereocenters. The van der Waals surface area contributed by atoms with E-state index in [0.717, 1.165) is 25.7 Å². The minimum atomic E-state index is -0.665. The molecule has 0 saturated heterocycles. The quantitative estimate of drug-likeness (QED) is 0.801. The Morgan fingerprint density at radius 2 is 2.19 bits per heavy atom. The molecule has 2 rings (SSSR count). The standard InChI is InChI=1S/C15H23N3O3/c1-3-21-14(19)11-8-13(17-9-12(11)16)18(2)10-15(20)6-4-5-7-15/h8-9,20H,3-7,10,16H2,1-2H3. The first-order valence-corrected chi connectivity index (χ1v) is 7.31. The van der Waals surface area contributed by atoms with Gasteiger partial charge in [0.2, 0.25) is 0 Å². The molecule has 1 aliphatic carbocycles. The van der Waals surface area contributed by atoms with Gasteiger partial charge in [-0.1, -0.05) is 12.8 Å². The number of nitrogens with zero attached hydrogens (tertiary/aromatic N) is 2. The molecule has 1 aromatic rings. The fraction of sp³-hybridized carbons (Fsp3) is 0.600. The number of nitrogen functional groups attached to an aromatic ring is 1. The van der Waals surface area contributed by atoms with E-state index in [1.165, 1.54) is 6.20 Å². The van der Waals surface area contributed by atoms with Crippen LogP contribution in [-0.4, -0.2) is 41.9 Å². The molecule has 0 spiro atoms. The molecule has 1 saturated carbocycles. The smallest absolute Gasteiger partial charge is 0.340 e. The summed E-state index contributed by atoms with van der Waals surface area (Å²) >= 11 is 0. The number of esters is 1. The Labute approximate surface area is 124 Å². The van der Waals surface area contributed by atoms with Crippen LogP contribution in [0, 0.1) is 0 Å². The molecule has 1 aliphatic rings. The Kier molecular flexibility index (Phi) is 4.67. The molecule has 1 heterocycles. The zero-order valence-corrected chi connectivity index (χ0v) is 12.6. The molecular formula is C15H23N3O3. The van der Waals surface area contributed by atoms with E-state index >= 15 is 0 Å². The van der Waals surface area contributed by atoms with Crippen LogP contribution in [0.15, 0.2) is 12.3 Å². The van der Waals surface area contributed by atoms with Crippen molar-refractivity contribution in [3.8, 4) is 0 Å². The van der Waals surface area contributed by atoms with Crippen LogP contribution in [0.5, 0.6) is 0 Å². The third kappa shape index (κ3) is 3.64. The largest absolute Gasteiger partial charge is 0.462 e. The van der Waals surface area contributed by atoms with Gasteiger partial charge in [-0.05, 0) is 25.8 Å². The Hall–Kier alpha value is -1.82. The average molecular weight is 293 g/mol. The van der Waals surface area contributed by atoms with Crippen molar-refractivity contribution >= 4 is 17.5 Å². The van der Waals surface area contributed by atoms with Gasteiger partial charge in [-0.15, -0.1) is 0 Å². The van der Waals surface area contributed by atoms with E-state index in [9.17, 15) is 9.90 Å².